The third kappa shape index (κ3) is 7.34. The smallest absolute Gasteiger partial charge is 0.304 e. The van der Waals surface area contributed by atoms with Crippen LogP contribution in [0, 0.1) is 0 Å². The van der Waals surface area contributed by atoms with Crippen molar-refractivity contribution in [2.24, 2.45) is 0 Å². The molecule has 12 heavy (non-hydrogen) atoms. The topological polar surface area (TPSA) is 52.6 Å². The average molecular weight is 195 g/mol. The van der Waals surface area contributed by atoms with Crippen LogP contribution in [0.3, 0.4) is 0 Å². The highest BCUT2D eigenvalue weighted by molar-refractivity contribution is 6.20. The van der Waals surface area contributed by atoms with Crippen LogP contribution in [0.15, 0.2) is 0 Å². The van der Waals surface area contributed by atoms with Crippen molar-refractivity contribution < 1.29 is 19.1 Å². The quantitative estimate of drug-likeness (QED) is 0.496. The fraction of sp³-hybridized carbons (Fsp3) is 0.714. The lowest BCUT2D eigenvalue weighted by molar-refractivity contribution is -0.144. The van der Waals surface area contributed by atoms with Gasteiger partial charge >= 0.3 is 11.9 Å². The van der Waals surface area contributed by atoms with Gasteiger partial charge < -0.3 is 9.47 Å². The van der Waals surface area contributed by atoms with Crippen LogP contribution in [0.25, 0.3) is 0 Å². The van der Waals surface area contributed by atoms with Crippen LogP contribution in [0.1, 0.15) is 20.3 Å². The third-order valence-electron chi connectivity index (χ3n) is 0.944. The van der Waals surface area contributed by atoms with Gasteiger partial charge in [-0.25, -0.2) is 0 Å². The first-order valence-electron chi connectivity index (χ1n) is 3.47. The minimum Gasteiger partial charge on any atom is -0.466 e. The van der Waals surface area contributed by atoms with Gasteiger partial charge in [0.15, 0.2) is 5.56 Å². The molecule has 0 N–H and O–H groups in total. The van der Waals surface area contributed by atoms with Gasteiger partial charge in [-0.15, -0.1) is 0 Å². The van der Waals surface area contributed by atoms with Crippen LogP contribution in [0.2, 0.25) is 0 Å². The number of carbonyl (C=O) groups is 2. The third-order valence-corrected chi connectivity index (χ3v) is 1.25. The van der Waals surface area contributed by atoms with Crippen molar-refractivity contribution in [3.05, 3.63) is 0 Å². The van der Waals surface area contributed by atoms with Crippen molar-refractivity contribution in [3.63, 3.8) is 0 Å². The van der Waals surface area contributed by atoms with E-state index in [1.807, 2.05) is 0 Å². The lowest BCUT2D eigenvalue weighted by Crippen LogP contribution is -2.13. The van der Waals surface area contributed by atoms with Gasteiger partial charge in [0, 0.05) is 20.3 Å². The van der Waals surface area contributed by atoms with Crippen LogP contribution >= 0.6 is 11.6 Å². The Hall–Kier alpha value is -0.770. The molecule has 0 aromatic carbocycles. The summed E-state index contributed by atoms with van der Waals surface area (Å²) in [6.45, 7) is 2.73. The first-order chi connectivity index (χ1) is 5.52. The van der Waals surface area contributed by atoms with Crippen molar-refractivity contribution in [2.45, 2.75) is 25.8 Å². The molecule has 0 aromatic rings. The number of hydrogen-bond donors (Lipinski definition) is 0. The van der Waals surface area contributed by atoms with E-state index in [0.717, 1.165) is 0 Å². The van der Waals surface area contributed by atoms with Gasteiger partial charge in [-0.1, -0.05) is 11.6 Å². The second-order valence-corrected chi connectivity index (χ2v) is 2.63. The molecule has 0 aromatic heterocycles. The summed E-state index contributed by atoms with van der Waals surface area (Å²) in [6, 6.07) is 0. The Bertz CT molecular complexity index is 169. The molecule has 70 valence electrons. The predicted molar refractivity (Wildman–Crippen MR) is 42.7 cm³/mol. The van der Waals surface area contributed by atoms with Crippen molar-refractivity contribution in [3.8, 4) is 0 Å². The lowest BCUT2D eigenvalue weighted by atomic mass is 10.5. The molecule has 0 radical (unpaired) electrons. The van der Waals surface area contributed by atoms with Crippen molar-refractivity contribution in [2.75, 3.05) is 6.61 Å². The van der Waals surface area contributed by atoms with Crippen molar-refractivity contribution in [1.29, 1.82) is 0 Å². The normalized spacial score (nSPS) is 11.9. The van der Waals surface area contributed by atoms with E-state index in [0.29, 0.717) is 6.42 Å². The monoisotopic (exact) mass is 194 g/mol. The van der Waals surface area contributed by atoms with Gasteiger partial charge in [0.25, 0.3) is 0 Å². The first kappa shape index (κ1) is 11.2. The largest absolute Gasteiger partial charge is 0.466 e. The second-order valence-electron chi connectivity index (χ2n) is 2.15. The van der Waals surface area contributed by atoms with E-state index in [-0.39, 0.29) is 12.6 Å². The molecule has 0 amide bonds. The van der Waals surface area contributed by atoms with E-state index in [1.165, 1.54) is 13.8 Å². The van der Waals surface area contributed by atoms with E-state index in [4.69, 9.17) is 11.6 Å². The number of carbonyl (C=O) groups excluding carboxylic acids is 2. The molecule has 0 aliphatic heterocycles. The molecule has 1 unspecified atom stereocenters. The number of halogens is 1. The summed E-state index contributed by atoms with van der Waals surface area (Å²) in [7, 11) is 0. The zero-order valence-electron chi connectivity index (χ0n) is 7.00. The molecule has 0 saturated heterocycles. The summed E-state index contributed by atoms with van der Waals surface area (Å²) in [5, 5.41) is 0. The number of hydrogen-bond acceptors (Lipinski definition) is 4. The van der Waals surface area contributed by atoms with Crippen LogP contribution in [0.5, 0.6) is 0 Å². The van der Waals surface area contributed by atoms with Gasteiger partial charge in [-0.2, -0.15) is 0 Å². The highest BCUT2D eigenvalue weighted by atomic mass is 35.5. The lowest BCUT2D eigenvalue weighted by Gasteiger charge is -2.08. The van der Waals surface area contributed by atoms with Gasteiger partial charge in [-0.05, 0) is 0 Å². The van der Waals surface area contributed by atoms with Crippen LogP contribution in [0.4, 0.5) is 0 Å². The number of ether oxygens (including phenoxy) is 2. The first-order valence-corrected chi connectivity index (χ1v) is 3.90. The molecule has 0 heterocycles. The van der Waals surface area contributed by atoms with Crippen LogP contribution in [-0.4, -0.2) is 24.1 Å². The van der Waals surface area contributed by atoms with E-state index in [1.54, 1.807) is 0 Å². The summed E-state index contributed by atoms with van der Waals surface area (Å²) >= 11 is 5.52. The molecule has 0 saturated carbocycles. The maximum atomic E-state index is 10.3. The molecule has 5 heteroatoms. The van der Waals surface area contributed by atoms with Gasteiger partial charge in [0.1, 0.15) is 0 Å². The van der Waals surface area contributed by atoms with Gasteiger partial charge in [0.05, 0.1) is 6.61 Å². The Balaban J connectivity index is 3.37. The number of alkyl halides is 1. The van der Waals surface area contributed by atoms with Crippen molar-refractivity contribution >= 4 is 23.5 Å². The average Bonchev–Trinajstić information content (AvgIpc) is 1.84. The number of esters is 2. The van der Waals surface area contributed by atoms with E-state index < -0.39 is 11.5 Å². The standard InChI is InChI=1S/C7H11ClO4/c1-5(9)11-4-3-7(8)12-6(2)10/h7H,3-4H2,1-2H3. The molecule has 4 nitrogen and oxygen atoms in total. The SMILES string of the molecule is CC(=O)OCCC(Cl)OC(C)=O. The molecule has 0 aliphatic rings. The Morgan fingerprint density at radius 3 is 2.33 bits per heavy atom. The summed E-state index contributed by atoms with van der Waals surface area (Å²) in [6.07, 6.45) is 0.306. The minimum atomic E-state index is -0.721. The fourth-order valence-corrected chi connectivity index (χ4v) is 0.749. The summed E-state index contributed by atoms with van der Waals surface area (Å²) < 4.78 is 9.15. The maximum absolute atomic E-state index is 10.3. The van der Waals surface area contributed by atoms with Crippen molar-refractivity contribution in [1.82, 2.24) is 0 Å². The number of rotatable bonds is 4. The summed E-state index contributed by atoms with van der Waals surface area (Å²) in [4.78, 5) is 20.6. The predicted octanol–water partition coefficient (Wildman–Crippen LogP) is 1.07. The van der Waals surface area contributed by atoms with E-state index in [9.17, 15) is 9.59 Å². The highest BCUT2D eigenvalue weighted by Crippen LogP contribution is 2.04. The Morgan fingerprint density at radius 2 is 1.92 bits per heavy atom. The Labute approximate surface area is 75.8 Å². The summed E-state index contributed by atoms with van der Waals surface area (Å²) in [5.74, 6) is -0.820. The Kier molecular flexibility index (Phi) is 5.45. The van der Waals surface area contributed by atoms with Gasteiger partial charge in [-0.3, -0.25) is 9.59 Å². The zero-order chi connectivity index (χ0) is 9.56. The zero-order valence-corrected chi connectivity index (χ0v) is 7.76. The Morgan fingerprint density at radius 1 is 1.33 bits per heavy atom. The molecule has 1 atom stereocenters. The van der Waals surface area contributed by atoms with Crippen LogP contribution in [-0.2, 0) is 19.1 Å². The molecule has 0 spiro atoms. The highest BCUT2D eigenvalue weighted by Gasteiger charge is 2.07. The molecular weight excluding hydrogens is 184 g/mol. The molecule has 0 bridgehead atoms. The minimum absolute atomic E-state index is 0.163. The van der Waals surface area contributed by atoms with Crippen LogP contribution < -0.4 is 0 Å². The summed E-state index contributed by atoms with van der Waals surface area (Å²) in [5.41, 5.74) is -0.721. The molecule has 0 rings (SSSR count). The molecule has 0 aliphatic carbocycles. The maximum Gasteiger partial charge on any atom is 0.304 e. The van der Waals surface area contributed by atoms with E-state index >= 15 is 0 Å². The molecule has 0 fully saturated rings. The molecular formula is C7H11ClO4. The second kappa shape index (κ2) is 5.83. The van der Waals surface area contributed by atoms with Gasteiger partial charge in [0.2, 0.25) is 0 Å². The fourth-order valence-electron chi connectivity index (χ4n) is 0.534. The van der Waals surface area contributed by atoms with E-state index in [2.05, 4.69) is 9.47 Å².